The van der Waals surface area contributed by atoms with Crippen LogP contribution in [-0.2, 0) is 9.53 Å². The van der Waals surface area contributed by atoms with Gasteiger partial charge >= 0.3 is 11.9 Å². The van der Waals surface area contributed by atoms with E-state index in [1.807, 2.05) is 6.07 Å². The fourth-order valence-corrected chi connectivity index (χ4v) is 2.10. The molecule has 0 unspecified atom stereocenters. The highest BCUT2D eigenvalue weighted by atomic mass is 16.5. The number of amides is 1. The molecule has 1 fully saturated rings. The lowest BCUT2D eigenvalue weighted by molar-refractivity contribution is -0.114. The van der Waals surface area contributed by atoms with E-state index in [1.54, 1.807) is 54.6 Å². The first kappa shape index (κ1) is 13.8. The summed E-state index contributed by atoms with van der Waals surface area (Å²) in [5, 5.41) is 7.78. The van der Waals surface area contributed by atoms with E-state index in [2.05, 4.69) is 0 Å². The van der Waals surface area contributed by atoms with Gasteiger partial charge in [-0.15, -0.1) is 0 Å². The van der Waals surface area contributed by atoms with Crippen LogP contribution in [0.3, 0.4) is 0 Å². The Labute approximate surface area is 126 Å². The number of rotatable bonds is 3. The number of carbonyl (C=O) groups excluding carboxylic acids is 2. The molecular weight excluding hydrogens is 280 g/mol. The number of hydrogen-bond acceptors (Lipinski definition) is 4. The average Bonchev–Trinajstić information content (AvgIpc) is 2.83. The van der Waals surface area contributed by atoms with Crippen molar-refractivity contribution in [3.8, 4) is 0 Å². The molecule has 2 aromatic carbocycles. The van der Waals surface area contributed by atoms with Crippen molar-refractivity contribution in [1.29, 1.82) is 5.41 Å². The average molecular weight is 292 g/mol. The molecule has 0 saturated carbocycles. The Morgan fingerprint density at radius 3 is 2.23 bits per heavy atom. The molecule has 22 heavy (non-hydrogen) atoms. The number of allylic oxidation sites excluding steroid dienone is 1. The minimum absolute atomic E-state index is 0.150. The molecule has 2 aromatic rings. The number of anilines is 1. The number of carbonyl (C=O) groups is 2. The lowest BCUT2D eigenvalue weighted by atomic mass is 10.1. The van der Waals surface area contributed by atoms with E-state index in [1.165, 1.54) is 0 Å². The number of nitrogens with zero attached hydrogens (tertiary/aromatic N) is 1. The molecule has 1 aliphatic rings. The first-order valence-corrected chi connectivity index (χ1v) is 6.64. The highest BCUT2D eigenvalue weighted by Gasteiger charge is 2.35. The normalized spacial score (nSPS) is 16.0. The zero-order valence-corrected chi connectivity index (χ0v) is 11.5. The molecule has 5 heteroatoms. The molecule has 0 atom stereocenters. The van der Waals surface area contributed by atoms with Crippen molar-refractivity contribution in [2.75, 3.05) is 4.90 Å². The Balaban J connectivity index is 1.88. The highest BCUT2D eigenvalue weighted by Crippen LogP contribution is 2.24. The van der Waals surface area contributed by atoms with Gasteiger partial charge in [0.2, 0.25) is 5.76 Å². The molecule has 0 aliphatic carbocycles. The SMILES string of the molecule is N=C1OC(=CC(=O)c2ccccc2)C(=O)N1c1ccccc1. The van der Waals surface area contributed by atoms with Gasteiger partial charge in [0.15, 0.2) is 5.78 Å². The third-order valence-electron chi connectivity index (χ3n) is 3.16. The van der Waals surface area contributed by atoms with Crippen molar-refractivity contribution in [3.05, 3.63) is 78.1 Å². The molecule has 108 valence electrons. The lowest BCUT2D eigenvalue weighted by Crippen LogP contribution is -2.28. The minimum atomic E-state index is -0.527. The molecular formula is C17H12N2O3. The first-order chi connectivity index (χ1) is 10.7. The predicted octanol–water partition coefficient (Wildman–Crippen LogP) is 2.75. The standard InChI is InChI=1S/C17H12N2O3/c18-17-19(13-9-5-2-6-10-13)16(21)15(22-17)11-14(20)12-7-3-1-4-8-12/h1-11,18H. The molecule has 0 spiro atoms. The van der Waals surface area contributed by atoms with E-state index in [0.29, 0.717) is 11.3 Å². The summed E-state index contributed by atoms with van der Waals surface area (Å²) in [6.45, 7) is 0. The van der Waals surface area contributed by atoms with Crippen LogP contribution in [-0.4, -0.2) is 17.7 Å². The van der Waals surface area contributed by atoms with Gasteiger partial charge in [0.1, 0.15) is 0 Å². The van der Waals surface area contributed by atoms with E-state index < -0.39 is 5.91 Å². The van der Waals surface area contributed by atoms with Crippen LogP contribution in [0.4, 0.5) is 5.69 Å². The Bertz CT molecular complexity index is 767. The maximum absolute atomic E-state index is 12.3. The number of ether oxygens (including phenoxy) is 1. The molecule has 1 amide bonds. The van der Waals surface area contributed by atoms with Crippen LogP contribution < -0.4 is 4.90 Å². The summed E-state index contributed by atoms with van der Waals surface area (Å²) in [7, 11) is 0. The summed E-state index contributed by atoms with van der Waals surface area (Å²) >= 11 is 0. The van der Waals surface area contributed by atoms with Gasteiger partial charge in [-0.1, -0.05) is 48.5 Å². The van der Waals surface area contributed by atoms with Crippen molar-refractivity contribution >= 4 is 23.4 Å². The Hall–Kier alpha value is -3.21. The molecule has 1 N–H and O–H groups in total. The quantitative estimate of drug-likeness (QED) is 0.698. The Morgan fingerprint density at radius 1 is 1.00 bits per heavy atom. The molecule has 1 heterocycles. The van der Waals surface area contributed by atoms with Gasteiger partial charge in [0.25, 0.3) is 0 Å². The van der Waals surface area contributed by atoms with Crippen LogP contribution in [0.25, 0.3) is 0 Å². The lowest BCUT2D eigenvalue weighted by Gasteiger charge is -2.11. The van der Waals surface area contributed by atoms with Crippen LogP contribution in [0.1, 0.15) is 10.4 Å². The summed E-state index contributed by atoms with van der Waals surface area (Å²) in [5.41, 5.74) is 0.976. The van der Waals surface area contributed by atoms with Crippen molar-refractivity contribution in [3.63, 3.8) is 0 Å². The van der Waals surface area contributed by atoms with Crippen molar-refractivity contribution in [1.82, 2.24) is 0 Å². The largest absolute Gasteiger partial charge is 0.419 e. The van der Waals surface area contributed by atoms with Crippen LogP contribution in [0.5, 0.6) is 0 Å². The number of para-hydroxylation sites is 1. The van der Waals surface area contributed by atoms with E-state index in [9.17, 15) is 9.59 Å². The third kappa shape index (κ3) is 2.52. The second-order valence-electron chi connectivity index (χ2n) is 4.62. The molecule has 0 bridgehead atoms. The maximum Gasteiger partial charge on any atom is 0.302 e. The van der Waals surface area contributed by atoms with E-state index in [-0.39, 0.29) is 17.6 Å². The molecule has 0 aromatic heterocycles. The second kappa shape index (κ2) is 5.65. The minimum Gasteiger partial charge on any atom is -0.419 e. The van der Waals surface area contributed by atoms with Crippen molar-refractivity contribution < 1.29 is 14.3 Å². The van der Waals surface area contributed by atoms with Gasteiger partial charge in [0, 0.05) is 11.6 Å². The van der Waals surface area contributed by atoms with Gasteiger partial charge in [-0.05, 0) is 12.1 Å². The van der Waals surface area contributed by atoms with Gasteiger partial charge < -0.3 is 4.74 Å². The fourth-order valence-electron chi connectivity index (χ4n) is 2.10. The molecule has 1 aliphatic heterocycles. The second-order valence-corrected chi connectivity index (χ2v) is 4.62. The van der Waals surface area contributed by atoms with Gasteiger partial charge in [-0.25, -0.2) is 4.90 Å². The smallest absolute Gasteiger partial charge is 0.302 e. The highest BCUT2D eigenvalue weighted by molar-refractivity contribution is 6.25. The van der Waals surface area contributed by atoms with Gasteiger partial charge in [-0.3, -0.25) is 15.0 Å². The van der Waals surface area contributed by atoms with E-state index in [4.69, 9.17) is 10.1 Å². The van der Waals surface area contributed by atoms with Crippen molar-refractivity contribution in [2.24, 2.45) is 0 Å². The monoisotopic (exact) mass is 292 g/mol. The van der Waals surface area contributed by atoms with Crippen LogP contribution in [0.15, 0.2) is 72.5 Å². The molecule has 5 nitrogen and oxygen atoms in total. The molecule has 3 rings (SSSR count). The number of nitrogens with one attached hydrogen (secondary N) is 1. The number of ketones is 1. The summed E-state index contributed by atoms with van der Waals surface area (Å²) in [5.74, 6) is -1.02. The first-order valence-electron chi connectivity index (χ1n) is 6.64. The van der Waals surface area contributed by atoms with Crippen LogP contribution in [0, 0.1) is 5.41 Å². The number of benzene rings is 2. The summed E-state index contributed by atoms with van der Waals surface area (Å²) < 4.78 is 5.13. The third-order valence-corrected chi connectivity index (χ3v) is 3.16. The fraction of sp³-hybridized carbons (Fsp3) is 0. The predicted molar refractivity (Wildman–Crippen MR) is 81.6 cm³/mol. The Morgan fingerprint density at radius 2 is 1.59 bits per heavy atom. The Kier molecular flexibility index (Phi) is 3.53. The van der Waals surface area contributed by atoms with Crippen molar-refractivity contribution in [2.45, 2.75) is 0 Å². The molecule has 1 saturated heterocycles. The van der Waals surface area contributed by atoms with Gasteiger partial charge in [0.05, 0.1) is 5.69 Å². The summed E-state index contributed by atoms with van der Waals surface area (Å²) in [6, 6.07) is 17.0. The summed E-state index contributed by atoms with van der Waals surface area (Å²) in [4.78, 5) is 25.5. The molecule has 0 radical (unpaired) electrons. The number of hydrogen-bond donors (Lipinski definition) is 1. The maximum atomic E-state index is 12.3. The zero-order chi connectivity index (χ0) is 15.5. The van der Waals surface area contributed by atoms with E-state index >= 15 is 0 Å². The van der Waals surface area contributed by atoms with Crippen LogP contribution >= 0.6 is 0 Å². The zero-order valence-electron chi connectivity index (χ0n) is 11.5. The summed E-state index contributed by atoms with van der Waals surface area (Å²) in [6.07, 6.45) is 1.12. The van der Waals surface area contributed by atoms with E-state index in [0.717, 1.165) is 11.0 Å². The van der Waals surface area contributed by atoms with Gasteiger partial charge in [-0.2, -0.15) is 0 Å². The number of amidine groups is 1. The topological polar surface area (TPSA) is 70.5 Å². The van der Waals surface area contributed by atoms with Crippen LogP contribution in [0.2, 0.25) is 0 Å².